The molecule has 0 spiro atoms. The van der Waals surface area contributed by atoms with Crippen molar-refractivity contribution in [3.8, 4) is 11.1 Å². The zero-order chi connectivity index (χ0) is 24.2. The van der Waals surface area contributed by atoms with Crippen molar-refractivity contribution in [2.24, 2.45) is 0 Å². The smallest absolute Gasteiger partial charge is 0.410 e. The molecule has 0 N–H and O–H groups in total. The number of piperidine rings is 1. The highest BCUT2D eigenvalue weighted by atomic mass is 16.6. The quantitative estimate of drug-likeness (QED) is 0.364. The van der Waals surface area contributed by atoms with Gasteiger partial charge in [-0.25, -0.2) is 14.3 Å². The number of benzene rings is 2. The van der Waals surface area contributed by atoms with Gasteiger partial charge < -0.3 is 4.74 Å². The molecule has 1 aliphatic carbocycles. The Morgan fingerprint density at radius 1 is 1.06 bits per heavy atom. The fourth-order valence-electron chi connectivity index (χ4n) is 6.36. The fourth-order valence-corrected chi connectivity index (χ4v) is 6.36. The third-order valence-corrected chi connectivity index (χ3v) is 7.99. The van der Waals surface area contributed by atoms with Gasteiger partial charge in [0.25, 0.3) is 0 Å². The number of nitrogens with zero attached hydrogens (tertiary/aromatic N) is 4. The summed E-state index contributed by atoms with van der Waals surface area (Å²) in [6, 6.07) is 19.1. The summed E-state index contributed by atoms with van der Waals surface area (Å²) < 4.78 is 7.89. The van der Waals surface area contributed by atoms with Crippen LogP contribution in [0.25, 0.3) is 22.3 Å². The van der Waals surface area contributed by atoms with E-state index in [-0.39, 0.29) is 24.1 Å². The van der Waals surface area contributed by atoms with Crippen molar-refractivity contribution in [1.29, 1.82) is 0 Å². The standard InChI is InChI=1S/C30H28N4O2/c1-19-13-29-31-16-21(17-33(29)32-19)20-14-22-7-6-8-23(15-20)34(22)30(35)36-18-28-26-11-4-2-9-24(26)25-10-3-5-12-27(25)28/h2-5,9-14,16-17,22-23,28H,6-8,15,18H2,1H3. The molecule has 1 saturated heterocycles. The molecule has 36 heavy (non-hydrogen) atoms. The van der Waals surface area contributed by atoms with Gasteiger partial charge in [0.2, 0.25) is 0 Å². The third kappa shape index (κ3) is 3.43. The second kappa shape index (κ2) is 8.33. The van der Waals surface area contributed by atoms with Crippen LogP contribution in [0.3, 0.4) is 0 Å². The third-order valence-electron chi connectivity index (χ3n) is 7.99. The minimum Gasteiger partial charge on any atom is -0.448 e. The molecule has 3 aliphatic rings. The second-order valence-corrected chi connectivity index (χ2v) is 10.2. The van der Waals surface area contributed by atoms with Crippen molar-refractivity contribution >= 4 is 17.3 Å². The molecule has 180 valence electrons. The lowest BCUT2D eigenvalue weighted by Crippen LogP contribution is -2.51. The molecule has 6 nitrogen and oxygen atoms in total. The predicted molar refractivity (Wildman–Crippen MR) is 139 cm³/mol. The van der Waals surface area contributed by atoms with E-state index in [2.05, 4.69) is 70.9 Å². The summed E-state index contributed by atoms with van der Waals surface area (Å²) in [6.45, 7) is 2.34. The van der Waals surface area contributed by atoms with E-state index in [1.54, 1.807) is 0 Å². The largest absolute Gasteiger partial charge is 0.448 e. The number of carbonyl (C=O) groups excluding carboxylic acids is 1. The van der Waals surface area contributed by atoms with Gasteiger partial charge in [-0.1, -0.05) is 54.6 Å². The van der Waals surface area contributed by atoms with Crippen LogP contribution in [-0.2, 0) is 4.74 Å². The number of aromatic nitrogens is 3. The summed E-state index contributed by atoms with van der Waals surface area (Å²) in [4.78, 5) is 20.0. The van der Waals surface area contributed by atoms with Gasteiger partial charge in [0, 0.05) is 36.0 Å². The maximum Gasteiger partial charge on any atom is 0.410 e. The molecule has 4 aromatic rings. The number of aryl methyl sites for hydroxylation is 1. The fraction of sp³-hybridized carbons (Fsp3) is 0.300. The van der Waals surface area contributed by atoms with Gasteiger partial charge >= 0.3 is 6.09 Å². The number of rotatable bonds is 3. The maximum atomic E-state index is 13.5. The maximum absolute atomic E-state index is 13.5. The minimum atomic E-state index is -0.196. The van der Waals surface area contributed by atoms with Gasteiger partial charge in [0.1, 0.15) is 6.61 Å². The van der Waals surface area contributed by atoms with E-state index in [0.717, 1.165) is 42.6 Å². The van der Waals surface area contributed by atoms with E-state index in [0.29, 0.717) is 6.61 Å². The van der Waals surface area contributed by atoms with Crippen molar-refractivity contribution in [1.82, 2.24) is 19.5 Å². The molecule has 4 heterocycles. The Morgan fingerprint density at radius 2 is 1.81 bits per heavy atom. The van der Waals surface area contributed by atoms with Crippen molar-refractivity contribution < 1.29 is 9.53 Å². The molecule has 2 unspecified atom stereocenters. The van der Waals surface area contributed by atoms with E-state index in [4.69, 9.17) is 4.74 Å². The van der Waals surface area contributed by atoms with Crippen molar-refractivity contribution in [3.05, 3.63) is 95.5 Å². The average molecular weight is 477 g/mol. The van der Waals surface area contributed by atoms with E-state index < -0.39 is 0 Å². The topological polar surface area (TPSA) is 59.7 Å². The van der Waals surface area contributed by atoms with Crippen LogP contribution in [0.5, 0.6) is 0 Å². The van der Waals surface area contributed by atoms with E-state index >= 15 is 0 Å². The number of amides is 1. The highest BCUT2D eigenvalue weighted by Gasteiger charge is 2.39. The monoisotopic (exact) mass is 476 g/mol. The van der Waals surface area contributed by atoms with Crippen molar-refractivity contribution in [2.45, 2.75) is 50.6 Å². The molecule has 7 rings (SSSR count). The number of carbonyl (C=O) groups is 1. The Kier molecular flexibility index (Phi) is 4.94. The number of ether oxygens (including phenoxy) is 1. The first-order valence-electron chi connectivity index (χ1n) is 12.8. The molecule has 2 atom stereocenters. The summed E-state index contributed by atoms with van der Waals surface area (Å²) in [5.41, 5.74) is 9.10. The summed E-state index contributed by atoms with van der Waals surface area (Å²) in [5.74, 6) is 0.0763. The first-order chi connectivity index (χ1) is 17.7. The SMILES string of the molecule is Cc1cc2ncc(C3=CC4CCCC(C3)N4C(=O)OCC3c4ccccc4-c4ccccc43)cn2n1. The number of hydrogen-bond acceptors (Lipinski definition) is 4. The van der Waals surface area contributed by atoms with Crippen LogP contribution in [0.2, 0.25) is 0 Å². The van der Waals surface area contributed by atoms with E-state index in [9.17, 15) is 4.79 Å². The van der Waals surface area contributed by atoms with Crippen molar-refractivity contribution in [3.63, 3.8) is 0 Å². The molecule has 1 fully saturated rings. The molecule has 2 aromatic heterocycles. The Bertz CT molecular complexity index is 1470. The van der Waals surface area contributed by atoms with Gasteiger partial charge in [-0.05, 0) is 60.4 Å². The van der Waals surface area contributed by atoms with Gasteiger partial charge in [-0.15, -0.1) is 0 Å². The number of fused-ring (bicyclic) bond motifs is 6. The van der Waals surface area contributed by atoms with Crippen molar-refractivity contribution in [2.75, 3.05) is 6.61 Å². The van der Waals surface area contributed by atoms with Crippen LogP contribution >= 0.6 is 0 Å². The first-order valence-corrected chi connectivity index (χ1v) is 12.8. The molecule has 1 amide bonds. The lowest BCUT2D eigenvalue weighted by atomic mass is 9.83. The van der Waals surface area contributed by atoms with Crippen LogP contribution in [-0.4, -0.2) is 44.3 Å². The van der Waals surface area contributed by atoms with E-state index in [1.807, 2.05) is 28.6 Å². The van der Waals surface area contributed by atoms with Gasteiger partial charge in [0.15, 0.2) is 5.65 Å². The lowest BCUT2D eigenvalue weighted by Gasteiger charge is -2.44. The predicted octanol–water partition coefficient (Wildman–Crippen LogP) is 6.00. The summed E-state index contributed by atoms with van der Waals surface area (Å²) in [6.07, 6.45) is 9.93. The highest BCUT2D eigenvalue weighted by molar-refractivity contribution is 5.79. The lowest BCUT2D eigenvalue weighted by molar-refractivity contribution is 0.0539. The summed E-state index contributed by atoms with van der Waals surface area (Å²) >= 11 is 0. The second-order valence-electron chi connectivity index (χ2n) is 10.2. The van der Waals surface area contributed by atoms with E-state index in [1.165, 1.54) is 27.8 Å². The Hall–Kier alpha value is -3.93. The summed E-state index contributed by atoms with van der Waals surface area (Å²) in [5, 5.41) is 4.52. The molecular weight excluding hydrogens is 448 g/mol. The van der Waals surface area contributed by atoms with Crippen LogP contribution < -0.4 is 0 Å². The Labute approximate surface area is 210 Å². The average Bonchev–Trinajstić information content (AvgIpc) is 3.42. The first kappa shape index (κ1) is 21.4. The molecule has 0 radical (unpaired) electrons. The molecule has 6 heteroatoms. The summed E-state index contributed by atoms with van der Waals surface area (Å²) in [7, 11) is 0. The van der Waals surface area contributed by atoms with Crippen LogP contribution in [0, 0.1) is 6.92 Å². The zero-order valence-corrected chi connectivity index (χ0v) is 20.3. The molecule has 2 bridgehead atoms. The zero-order valence-electron chi connectivity index (χ0n) is 20.3. The Balaban J connectivity index is 1.12. The number of hydrogen-bond donors (Lipinski definition) is 0. The van der Waals surface area contributed by atoms with Crippen LogP contribution in [0.15, 0.2) is 73.1 Å². The Morgan fingerprint density at radius 3 is 2.56 bits per heavy atom. The molecule has 2 aliphatic heterocycles. The molecule has 2 aromatic carbocycles. The van der Waals surface area contributed by atoms with Crippen LogP contribution in [0.1, 0.15) is 54.0 Å². The van der Waals surface area contributed by atoms with Crippen LogP contribution in [0.4, 0.5) is 4.79 Å². The van der Waals surface area contributed by atoms with Gasteiger partial charge in [0.05, 0.1) is 11.7 Å². The minimum absolute atomic E-state index is 0.0539. The normalized spacial score (nSPS) is 20.7. The van der Waals surface area contributed by atoms with Gasteiger partial charge in [-0.3, -0.25) is 4.90 Å². The molecular formula is C30H28N4O2. The molecule has 0 saturated carbocycles. The highest BCUT2D eigenvalue weighted by Crippen LogP contribution is 2.45. The van der Waals surface area contributed by atoms with Gasteiger partial charge in [-0.2, -0.15) is 5.10 Å².